The number of carboxylic acid groups (broad SMARTS) is 2. The minimum Gasteiger partial charge on any atom is -0.480 e. The first-order valence-corrected chi connectivity index (χ1v) is 8.26. The van der Waals surface area contributed by atoms with Gasteiger partial charge in [-0.05, 0) is 18.6 Å². The molecular formula is C15H20N4O6S. The number of aromatic nitrogens is 1. The maximum absolute atomic E-state index is 12.0. The predicted molar refractivity (Wildman–Crippen MR) is 94.9 cm³/mol. The Bertz CT molecular complexity index is 642. The lowest BCUT2D eigenvalue weighted by atomic mass is 10.1. The lowest BCUT2D eigenvalue weighted by molar-refractivity contribution is -0.138. The molecule has 1 aromatic heterocycles. The zero-order valence-electron chi connectivity index (χ0n) is 13.7. The first-order chi connectivity index (χ1) is 12.3. The van der Waals surface area contributed by atoms with Gasteiger partial charge in [0.15, 0.2) is 0 Å². The van der Waals surface area contributed by atoms with Crippen LogP contribution >= 0.6 is 12.6 Å². The number of nitrogens with one attached hydrogen (secondary N) is 3. The predicted octanol–water partition coefficient (Wildman–Crippen LogP) is -0.658. The van der Waals surface area contributed by atoms with E-state index in [1.54, 1.807) is 18.2 Å². The van der Waals surface area contributed by atoms with Gasteiger partial charge in [0.25, 0.3) is 0 Å². The molecule has 0 aromatic carbocycles. The SMILES string of the molecule is O=C(O)CNC(=O)[C@H](CS)NC(=O)CC[C@H](Nc1ccccn1)C(=O)O. The Morgan fingerprint density at radius 3 is 2.42 bits per heavy atom. The Morgan fingerprint density at radius 2 is 1.88 bits per heavy atom. The second-order valence-corrected chi connectivity index (χ2v) is 5.57. The molecule has 0 unspecified atom stereocenters. The number of carbonyl (C=O) groups excluding carboxylic acids is 2. The summed E-state index contributed by atoms with van der Waals surface area (Å²) in [4.78, 5) is 49.4. The molecule has 1 aromatic rings. The minimum absolute atomic E-state index is 0.0340. The fourth-order valence-corrected chi connectivity index (χ4v) is 2.16. The zero-order valence-corrected chi connectivity index (χ0v) is 14.6. The molecule has 1 rings (SSSR count). The minimum atomic E-state index is -1.22. The van der Waals surface area contributed by atoms with Crippen molar-refractivity contribution >= 4 is 42.2 Å². The number of hydrogen-bond donors (Lipinski definition) is 6. The maximum atomic E-state index is 12.0. The number of aliphatic carboxylic acids is 2. The molecule has 2 atom stereocenters. The highest BCUT2D eigenvalue weighted by Crippen LogP contribution is 2.08. The van der Waals surface area contributed by atoms with Gasteiger partial charge in [-0.1, -0.05) is 6.07 Å². The second-order valence-electron chi connectivity index (χ2n) is 5.20. The molecule has 142 valence electrons. The van der Waals surface area contributed by atoms with Crippen LogP contribution in [0.25, 0.3) is 0 Å². The summed E-state index contributed by atoms with van der Waals surface area (Å²) in [5.41, 5.74) is 0. The number of amides is 2. The lowest BCUT2D eigenvalue weighted by Crippen LogP contribution is -2.49. The monoisotopic (exact) mass is 384 g/mol. The third kappa shape index (κ3) is 7.83. The first-order valence-electron chi connectivity index (χ1n) is 7.63. The summed E-state index contributed by atoms with van der Waals surface area (Å²) < 4.78 is 0. The van der Waals surface area contributed by atoms with Crippen LogP contribution in [0.5, 0.6) is 0 Å². The van der Waals surface area contributed by atoms with Gasteiger partial charge in [0, 0.05) is 18.4 Å². The summed E-state index contributed by atoms with van der Waals surface area (Å²) in [6.45, 7) is -0.575. The molecule has 26 heavy (non-hydrogen) atoms. The number of thiol groups is 1. The van der Waals surface area contributed by atoms with E-state index in [2.05, 4.69) is 33.6 Å². The van der Waals surface area contributed by atoms with Crippen molar-refractivity contribution in [3.63, 3.8) is 0 Å². The lowest BCUT2D eigenvalue weighted by Gasteiger charge is -2.17. The average molecular weight is 384 g/mol. The van der Waals surface area contributed by atoms with E-state index in [4.69, 9.17) is 5.11 Å². The van der Waals surface area contributed by atoms with E-state index in [0.717, 1.165) is 0 Å². The van der Waals surface area contributed by atoms with Crippen molar-refractivity contribution in [1.82, 2.24) is 15.6 Å². The highest BCUT2D eigenvalue weighted by molar-refractivity contribution is 7.80. The van der Waals surface area contributed by atoms with Crippen LogP contribution in [-0.4, -0.2) is 63.3 Å². The fraction of sp³-hybridized carbons (Fsp3) is 0.400. The van der Waals surface area contributed by atoms with Crippen LogP contribution in [0, 0.1) is 0 Å². The van der Waals surface area contributed by atoms with Crippen LogP contribution in [0.4, 0.5) is 5.82 Å². The summed E-state index contributed by atoms with van der Waals surface area (Å²) in [5.74, 6) is -3.27. The number of carboxylic acids is 2. The van der Waals surface area contributed by atoms with E-state index >= 15 is 0 Å². The molecule has 0 saturated heterocycles. The van der Waals surface area contributed by atoms with Crippen molar-refractivity contribution in [2.45, 2.75) is 24.9 Å². The first kappa shape index (κ1) is 21.2. The van der Waals surface area contributed by atoms with E-state index in [1.807, 2.05) is 0 Å². The van der Waals surface area contributed by atoms with E-state index < -0.39 is 42.4 Å². The van der Waals surface area contributed by atoms with Crippen molar-refractivity contribution in [1.29, 1.82) is 0 Å². The third-order valence-corrected chi connectivity index (χ3v) is 3.56. The molecule has 0 fully saturated rings. The van der Waals surface area contributed by atoms with Gasteiger partial charge in [0.2, 0.25) is 11.8 Å². The van der Waals surface area contributed by atoms with Crippen LogP contribution in [-0.2, 0) is 19.2 Å². The molecule has 0 radical (unpaired) electrons. The summed E-state index contributed by atoms with van der Waals surface area (Å²) >= 11 is 3.94. The molecule has 0 saturated carbocycles. The quantitative estimate of drug-likeness (QED) is 0.275. The van der Waals surface area contributed by atoms with Gasteiger partial charge in [-0.2, -0.15) is 12.6 Å². The Hall–Kier alpha value is -2.82. The van der Waals surface area contributed by atoms with Crippen molar-refractivity contribution in [3.05, 3.63) is 24.4 Å². The van der Waals surface area contributed by atoms with E-state index in [0.29, 0.717) is 5.82 Å². The molecule has 11 heteroatoms. The summed E-state index contributed by atoms with van der Waals surface area (Å²) in [5, 5.41) is 25.0. The van der Waals surface area contributed by atoms with Gasteiger partial charge >= 0.3 is 11.9 Å². The number of hydrogen-bond acceptors (Lipinski definition) is 7. The van der Waals surface area contributed by atoms with E-state index in [-0.39, 0.29) is 18.6 Å². The molecule has 1 heterocycles. The maximum Gasteiger partial charge on any atom is 0.326 e. The van der Waals surface area contributed by atoms with Gasteiger partial charge in [-0.25, -0.2) is 9.78 Å². The van der Waals surface area contributed by atoms with Crippen molar-refractivity contribution in [2.75, 3.05) is 17.6 Å². The van der Waals surface area contributed by atoms with Gasteiger partial charge in [-0.3, -0.25) is 14.4 Å². The second kappa shape index (κ2) is 10.9. The molecule has 0 aliphatic heterocycles. The normalized spacial score (nSPS) is 12.5. The number of nitrogens with zero attached hydrogens (tertiary/aromatic N) is 1. The zero-order chi connectivity index (χ0) is 19.5. The van der Waals surface area contributed by atoms with Crippen molar-refractivity contribution in [3.8, 4) is 0 Å². The average Bonchev–Trinajstić information content (AvgIpc) is 2.61. The number of rotatable bonds is 11. The Balaban J connectivity index is 2.52. The van der Waals surface area contributed by atoms with Crippen LogP contribution < -0.4 is 16.0 Å². The molecule has 2 amide bonds. The Kier molecular flexibility index (Phi) is 8.92. The highest BCUT2D eigenvalue weighted by Gasteiger charge is 2.22. The van der Waals surface area contributed by atoms with Gasteiger partial charge in [0.05, 0.1) is 0 Å². The highest BCUT2D eigenvalue weighted by atomic mass is 32.1. The number of anilines is 1. The van der Waals surface area contributed by atoms with Crippen LogP contribution in [0.15, 0.2) is 24.4 Å². The molecule has 5 N–H and O–H groups in total. The Labute approximate surface area is 154 Å². The van der Waals surface area contributed by atoms with Crippen LogP contribution in [0.3, 0.4) is 0 Å². The van der Waals surface area contributed by atoms with E-state index in [1.165, 1.54) is 6.20 Å². The molecular weight excluding hydrogens is 364 g/mol. The number of pyridine rings is 1. The topological polar surface area (TPSA) is 158 Å². The summed E-state index contributed by atoms with van der Waals surface area (Å²) in [6.07, 6.45) is 1.31. The number of carbonyl (C=O) groups is 4. The molecule has 0 bridgehead atoms. The van der Waals surface area contributed by atoms with E-state index in [9.17, 15) is 24.3 Å². The van der Waals surface area contributed by atoms with Crippen molar-refractivity contribution in [2.24, 2.45) is 0 Å². The van der Waals surface area contributed by atoms with Crippen LogP contribution in [0.1, 0.15) is 12.8 Å². The molecule has 10 nitrogen and oxygen atoms in total. The standard InChI is InChI=1S/C15H20N4O6S/c20-12(19-10(8-26)14(23)17-7-13(21)22)5-4-9(15(24)25)18-11-3-1-2-6-16-11/h1-3,6,9-10,26H,4-5,7-8H2,(H,16,18)(H,17,23)(H,19,20)(H,21,22)(H,24,25)/t9-,10-/m0/s1. The smallest absolute Gasteiger partial charge is 0.326 e. The summed E-state index contributed by atoms with van der Waals surface area (Å²) in [7, 11) is 0. The molecule has 0 spiro atoms. The summed E-state index contributed by atoms with van der Waals surface area (Å²) in [6, 6.07) is 2.91. The Morgan fingerprint density at radius 1 is 1.15 bits per heavy atom. The largest absolute Gasteiger partial charge is 0.480 e. The van der Waals surface area contributed by atoms with Gasteiger partial charge in [0.1, 0.15) is 24.4 Å². The third-order valence-electron chi connectivity index (χ3n) is 3.19. The fourth-order valence-electron chi connectivity index (χ4n) is 1.91. The molecule has 0 aliphatic rings. The van der Waals surface area contributed by atoms with Crippen LogP contribution in [0.2, 0.25) is 0 Å². The molecule has 0 aliphatic carbocycles. The van der Waals surface area contributed by atoms with Gasteiger partial charge < -0.3 is 26.2 Å². The van der Waals surface area contributed by atoms with Gasteiger partial charge in [-0.15, -0.1) is 0 Å². The van der Waals surface area contributed by atoms with Crippen molar-refractivity contribution < 1.29 is 29.4 Å².